The third-order valence-corrected chi connectivity index (χ3v) is 4.34. The Labute approximate surface area is 95.1 Å². The average molecular weight is 251 g/mol. The molecule has 1 aliphatic heterocycles. The Hall–Kier alpha value is -0.660. The number of carboxylic acid groups (broad SMARTS) is 1. The first-order valence-corrected chi connectivity index (χ1v) is 6.92. The number of carboxylic acids is 1. The van der Waals surface area contributed by atoms with Crippen LogP contribution in [0.4, 0.5) is 0 Å². The van der Waals surface area contributed by atoms with Gasteiger partial charge in [-0.15, -0.1) is 0 Å². The van der Waals surface area contributed by atoms with Crippen molar-refractivity contribution in [1.29, 1.82) is 0 Å². The number of nitrogens with zero attached hydrogens (tertiary/aromatic N) is 1. The van der Waals surface area contributed by atoms with Gasteiger partial charge < -0.3 is 9.84 Å². The molecule has 1 atom stereocenters. The summed E-state index contributed by atoms with van der Waals surface area (Å²) in [6.45, 7) is 1.45. The van der Waals surface area contributed by atoms with Crippen LogP contribution in [0.3, 0.4) is 0 Å². The monoisotopic (exact) mass is 251 g/mol. The molecule has 6 nitrogen and oxygen atoms in total. The number of rotatable bonds is 5. The van der Waals surface area contributed by atoms with Crippen molar-refractivity contribution in [2.45, 2.75) is 12.5 Å². The predicted octanol–water partition coefficient (Wildman–Crippen LogP) is -0.793. The Bertz CT molecular complexity index is 340. The minimum Gasteiger partial charge on any atom is -0.481 e. The van der Waals surface area contributed by atoms with E-state index in [0.29, 0.717) is 19.7 Å². The highest BCUT2D eigenvalue weighted by atomic mass is 32.2. The van der Waals surface area contributed by atoms with E-state index in [0.717, 1.165) is 0 Å². The van der Waals surface area contributed by atoms with Crippen LogP contribution in [-0.2, 0) is 19.4 Å². The fourth-order valence-corrected chi connectivity index (χ4v) is 3.41. The van der Waals surface area contributed by atoms with Crippen LogP contribution in [0.1, 0.15) is 6.42 Å². The van der Waals surface area contributed by atoms with Gasteiger partial charge in [0.2, 0.25) is 0 Å². The van der Waals surface area contributed by atoms with Crippen LogP contribution in [0, 0.1) is 0 Å². The van der Waals surface area contributed by atoms with Crippen molar-refractivity contribution < 1.29 is 23.1 Å². The highest BCUT2D eigenvalue weighted by molar-refractivity contribution is 7.91. The first-order valence-electron chi connectivity index (χ1n) is 5.10. The summed E-state index contributed by atoms with van der Waals surface area (Å²) >= 11 is 0. The highest BCUT2D eigenvalue weighted by Crippen LogP contribution is 2.14. The number of hydrogen-bond acceptors (Lipinski definition) is 5. The fourth-order valence-electron chi connectivity index (χ4n) is 1.81. The van der Waals surface area contributed by atoms with Crippen molar-refractivity contribution >= 4 is 15.8 Å². The number of aliphatic carboxylic acids is 1. The zero-order chi connectivity index (χ0) is 12.2. The molecule has 0 aromatic carbocycles. The Morgan fingerprint density at radius 3 is 2.81 bits per heavy atom. The summed E-state index contributed by atoms with van der Waals surface area (Å²) in [4.78, 5) is 12.5. The zero-order valence-corrected chi connectivity index (χ0v) is 10.1. The van der Waals surface area contributed by atoms with Gasteiger partial charge >= 0.3 is 5.97 Å². The molecular weight excluding hydrogens is 234 g/mol. The van der Waals surface area contributed by atoms with Crippen LogP contribution in [0.15, 0.2) is 0 Å². The van der Waals surface area contributed by atoms with E-state index >= 15 is 0 Å². The van der Waals surface area contributed by atoms with E-state index in [2.05, 4.69) is 0 Å². The molecule has 0 radical (unpaired) electrons. The van der Waals surface area contributed by atoms with E-state index in [9.17, 15) is 13.2 Å². The molecule has 0 aromatic heterocycles. The topological polar surface area (TPSA) is 83.9 Å². The second kappa shape index (κ2) is 5.60. The number of sulfone groups is 1. The van der Waals surface area contributed by atoms with E-state index in [4.69, 9.17) is 9.84 Å². The largest absolute Gasteiger partial charge is 0.481 e. The van der Waals surface area contributed by atoms with Crippen molar-refractivity contribution in [3.63, 3.8) is 0 Å². The van der Waals surface area contributed by atoms with Gasteiger partial charge in [-0.2, -0.15) is 0 Å². The molecule has 94 valence electrons. The number of carbonyl (C=O) groups is 1. The smallest absolute Gasteiger partial charge is 0.304 e. The summed E-state index contributed by atoms with van der Waals surface area (Å²) in [5, 5.41) is 8.73. The maximum Gasteiger partial charge on any atom is 0.304 e. The molecule has 0 amide bonds. The fraction of sp³-hybridized carbons (Fsp3) is 0.889. The predicted molar refractivity (Wildman–Crippen MR) is 58.1 cm³/mol. The van der Waals surface area contributed by atoms with Crippen LogP contribution < -0.4 is 0 Å². The van der Waals surface area contributed by atoms with Crippen molar-refractivity contribution in [2.24, 2.45) is 0 Å². The molecule has 7 heteroatoms. The molecule has 1 fully saturated rings. The van der Waals surface area contributed by atoms with Gasteiger partial charge in [0.15, 0.2) is 9.84 Å². The SMILES string of the molecule is COCCN1CCS(=O)(=O)CC1CC(=O)O. The number of ether oxygens (including phenoxy) is 1. The Morgan fingerprint density at radius 2 is 2.25 bits per heavy atom. The van der Waals surface area contributed by atoms with Crippen molar-refractivity contribution in [1.82, 2.24) is 4.90 Å². The maximum absolute atomic E-state index is 11.4. The lowest BCUT2D eigenvalue weighted by molar-refractivity contribution is -0.138. The van der Waals surface area contributed by atoms with Crippen LogP contribution in [0.2, 0.25) is 0 Å². The number of hydrogen-bond donors (Lipinski definition) is 1. The molecule has 0 aliphatic carbocycles. The van der Waals surface area contributed by atoms with Gasteiger partial charge in [0.25, 0.3) is 0 Å². The van der Waals surface area contributed by atoms with E-state index in [1.165, 1.54) is 0 Å². The Balaban J connectivity index is 2.64. The summed E-state index contributed by atoms with van der Waals surface area (Å²) in [5.41, 5.74) is 0. The molecule has 1 unspecified atom stereocenters. The van der Waals surface area contributed by atoms with Crippen molar-refractivity contribution in [3.8, 4) is 0 Å². The second-order valence-electron chi connectivity index (χ2n) is 3.89. The van der Waals surface area contributed by atoms with E-state index in [1.807, 2.05) is 4.90 Å². The molecule has 1 saturated heterocycles. The molecule has 0 saturated carbocycles. The van der Waals surface area contributed by atoms with E-state index in [-0.39, 0.29) is 17.9 Å². The molecular formula is C9H17NO5S. The molecule has 0 aromatic rings. The highest BCUT2D eigenvalue weighted by Gasteiger charge is 2.32. The first kappa shape index (κ1) is 13.4. The average Bonchev–Trinajstić information content (AvgIpc) is 2.14. The Kier molecular flexibility index (Phi) is 4.69. The van der Waals surface area contributed by atoms with Gasteiger partial charge in [-0.25, -0.2) is 8.42 Å². The lowest BCUT2D eigenvalue weighted by atomic mass is 10.2. The lowest BCUT2D eigenvalue weighted by Gasteiger charge is -2.34. The Morgan fingerprint density at radius 1 is 1.56 bits per heavy atom. The van der Waals surface area contributed by atoms with Crippen LogP contribution in [0.5, 0.6) is 0 Å². The first-order chi connectivity index (χ1) is 7.44. The summed E-state index contributed by atoms with van der Waals surface area (Å²) in [6.07, 6.45) is -0.136. The summed E-state index contributed by atoms with van der Waals surface area (Å²) in [7, 11) is -1.52. The summed E-state index contributed by atoms with van der Waals surface area (Å²) < 4.78 is 27.7. The minimum absolute atomic E-state index is 0.0665. The van der Waals surface area contributed by atoms with Crippen molar-refractivity contribution in [3.05, 3.63) is 0 Å². The lowest BCUT2D eigenvalue weighted by Crippen LogP contribution is -2.50. The molecule has 1 heterocycles. The van der Waals surface area contributed by atoms with Gasteiger partial charge in [0.1, 0.15) is 0 Å². The van der Waals surface area contributed by atoms with Crippen molar-refractivity contribution in [2.75, 3.05) is 38.3 Å². The van der Waals surface area contributed by atoms with E-state index < -0.39 is 21.8 Å². The van der Waals surface area contributed by atoms with Gasteiger partial charge in [0, 0.05) is 26.2 Å². The minimum atomic E-state index is -3.08. The van der Waals surface area contributed by atoms with Gasteiger partial charge in [-0.1, -0.05) is 0 Å². The third-order valence-electron chi connectivity index (χ3n) is 2.65. The molecule has 0 bridgehead atoms. The normalized spacial score (nSPS) is 25.4. The third kappa shape index (κ3) is 4.07. The van der Waals surface area contributed by atoms with Crippen LogP contribution in [0.25, 0.3) is 0 Å². The standard InChI is InChI=1S/C9H17NO5S/c1-15-4-2-10-3-5-16(13,14)7-8(10)6-9(11)12/h8H,2-7H2,1H3,(H,11,12). The molecule has 1 aliphatic rings. The molecule has 1 N–H and O–H groups in total. The van der Waals surface area contributed by atoms with E-state index in [1.54, 1.807) is 7.11 Å². The van der Waals surface area contributed by atoms with Crippen LogP contribution in [-0.4, -0.2) is 68.7 Å². The zero-order valence-electron chi connectivity index (χ0n) is 9.26. The second-order valence-corrected chi connectivity index (χ2v) is 6.12. The van der Waals surface area contributed by atoms with Crippen LogP contribution >= 0.6 is 0 Å². The summed E-state index contributed by atoms with van der Waals surface area (Å²) in [6, 6.07) is -0.425. The number of methoxy groups -OCH3 is 1. The quantitative estimate of drug-likeness (QED) is 0.689. The summed E-state index contributed by atoms with van der Waals surface area (Å²) in [5.74, 6) is -0.930. The maximum atomic E-state index is 11.4. The van der Waals surface area contributed by atoms with Gasteiger partial charge in [-0.3, -0.25) is 9.69 Å². The molecule has 1 rings (SSSR count). The molecule has 16 heavy (non-hydrogen) atoms. The van der Waals surface area contributed by atoms with Gasteiger partial charge in [0.05, 0.1) is 24.5 Å². The van der Waals surface area contributed by atoms with Gasteiger partial charge in [-0.05, 0) is 0 Å². The molecule has 0 spiro atoms.